The van der Waals surface area contributed by atoms with E-state index in [0.29, 0.717) is 58.5 Å². The lowest BCUT2D eigenvalue weighted by molar-refractivity contribution is -0.153. The fourth-order valence-electron chi connectivity index (χ4n) is 17.9. The summed E-state index contributed by atoms with van der Waals surface area (Å²) >= 11 is 0. The number of para-hydroxylation sites is 1. The zero-order valence-corrected chi connectivity index (χ0v) is 62.8. The van der Waals surface area contributed by atoms with Crippen molar-refractivity contribution in [2.24, 2.45) is 70.6 Å². The van der Waals surface area contributed by atoms with Gasteiger partial charge in [0.2, 0.25) is 0 Å². The van der Waals surface area contributed by atoms with E-state index in [9.17, 15) is 38.8 Å². The minimum absolute atomic E-state index is 0.0304. The maximum atomic E-state index is 14.0. The van der Waals surface area contributed by atoms with Crippen LogP contribution in [0.15, 0.2) is 84.9 Å². The third kappa shape index (κ3) is 22.7. The number of unbranched alkanes of at least 4 members (excludes halogenated alkanes) is 6. The third-order valence-electron chi connectivity index (χ3n) is 23.2. The van der Waals surface area contributed by atoms with Crippen LogP contribution in [0.4, 0.5) is 0 Å². The average Bonchev–Trinajstić information content (AvgIpc) is 1.61. The second kappa shape index (κ2) is 39.9. The van der Waals surface area contributed by atoms with Crippen LogP contribution < -0.4 is 30.2 Å². The number of phosphoric acid groups is 1. The Balaban J connectivity index is 0.000000181. The molecule has 22 heteroatoms. The van der Waals surface area contributed by atoms with Gasteiger partial charge in [-0.25, -0.2) is 18.9 Å². The fourth-order valence-corrected chi connectivity index (χ4v) is 19.5. The van der Waals surface area contributed by atoms with Crippen molar-refractivity contribution in [3.05, 3.63) is 118 Å². The molecule has 11 rings (SSSR count). The summed E-state index contributed by atoms with van der Waals surface area (Å²) in [5.74, 6) is 1.57. The molecule has 0 bridgehead atoms. The van der Waals surface area contributed by atoms with Gasteiger partial charge in [-0.3, -0.25) is 18.6 Å². The SMILES string of the molecule is CCCCC[C@@H](CC[C@@H]1[C@H]2Cc3cccc(OCC(=O)O)c3C[C@H]2C[C@H]1O)OC(=O)C(N)C(C)C.CCCCC[C@@H](CC[C@@H]1[C@H]2Cc3cccc(OCC(=O)O)c3C[C@H]2C[C@H]1O)OC(=O)CN.CCCCC[C@H]1CC[C@@H]2[C@H]3Cc4cccc(OCC(=O)O)c4C[C@H]3C[C@H]2OP(=O)(Oc2ccccc2)O1. The molecular weight excluding hydrogens is 1350 g/mol. The Hall–Kier alpha value is -6.58. The lowest BCUT2D eigenvalue weighted by Crippen LogP contribution is -2.39. The lowest BCUT2D eigenvalue weighted by atomic mass is 9.73. The van der Waals surface area contributed by atoms with Gasteiger partial charge in [0.05, 0.1) is 31.0 Å². The normalized spacial score (nSPS) is 27.0. The van der Waals surface area contributed by atoms with Crippen molar-refractivity contribution in [3.63, 3.8) is 0 Å². The predicted octanol–water partition coefficient (Wildman–Crippen LogP) is 14.0. The summed E-state index contributed by atoms with van der Waals surface area (Å²) in [7, 11) is -3.83. The first-order valence-electron chi connectivity index (χ1n) is 38.9. The number of carboxylic acid groups (broad SMARTS) is 3. The summed E-state index contributed by atoms with van der Waals surface area (Å²) in [6, 6.07) is 26.1. The molecule has 104 heavy (non-hydrogen) atoms. The number of phosphoric ester groups is 1. The van der Waals surface area contributed by atoms with Crippen LogP contribution in [0.3, 0.4) is 0 Å². The van der Waals surface area contributed by atoms with E-state index in [1.54, 1.807) is 12.1 Å². The molecule has 3 saturated carbocycles. The van der Waals surface area contributed by atoms with Crippen molar-refractivity contribution in [3.8, 4) is 23.0 Å². The van der Waals surface area contributed by atoms with Gasteiger partial charge in [-0.05, 0) is 251 Å². The number of aliphatic hydroxyl groups excluding tert-OH is 2. The molecule has 21 nitrogen and oxygen atoms in total. The van der Waals surface area contributed by atoms with E-state index in [1.165, 1.54) is 16.7 Å². The molecule has 1 aliphatic heterocycles. The highest BCUT2D eigenvalue weighted by molar-refractivity contribution is 7.49. The van der Waals surface area contributed by atoms with Crippen molar-refractivity contribution in [2.45, 2.75) is 251 Å². The van der Waals surface area contributed by atoms with Crippen LogP contribution in [0.1, 0.15) is 203 Å². The molecule has 6 aliphatic carbocycles. The summed E-state index contributed by atoms with van der Waals surface area (Å²) in [5.41, 5.74) is 18.3. The number of carbonyl (C=O) groups excluding carboxylic acids is 2. The first kappa shape index (κ1) is 81.5. The quantitative estimate of drug-likeness (QED) is 0.0130. The topological polar surface area (TPSA) is 329 Å². The molecule has 1 saturated heterocycles. The van der Waals surface area contributed by atoms with Crippen molar-refractivity contribution < 1.29 is 91.3 Å². The van der Waals surface area contributed by atoms with Gasteiger partial charge in [0, 0.05) is 0 Å². The van der Waals surface area contributed by atoms with Crippen LogP contribution >= 0.6 is 7.82 Å². The van der Waals surface area contributed by atoms with Crippen molar-refractivity contribution in [2.75, 3.05) is 26.4 Å². The fraction of sp³-hybridized carbons (Fsp3) is 0.646. The number of esters is 2. The third-order valence-corrected chi connectivity index (χ3v) is 24.7. The number of carboxylic acids is 3. The van der Waals surface area contributed by atoms with E-state index in [4.69, 9.17) is 64.0 Å². The van der Waals surface area contributed by atoms with Gasteiger partial charge in [0.1, 0.15) is 41.2 Å². The molecule has 1 heterocycles. The molecule has 7 aliphatic rings. The Kier molecular flexibility index (Phi) is 31.2. The number of aliphatic hydroxyl groups is 2. The Morgan fingerprint density at radius 2 is 0.971 bits per heavy atom. The molecule has 4 fully saturated rings. The maximum absolute atomic E-state index is 14.0. The number of aliphatic carboxylic acids is 3. The summed E-state index contributed by atoms with van der Waals surface area (Å²) in [6.45, 7) is 9.16. The zero-order valence-electron chi connectivity index (χ0n) is 61.9. The van der Waals surface area contributed by atoms with E-state index >= 15 is 0 Å². The number of nitrogens with two attached hydrogens (primary N) is 2. The van der Waals surface area contributed by atoms with Crippen LogP contribution in [0.2, 0.25) is 0 Å². The van der Waals surface area contributed by atoms with Gasteiger partial charge in [-0.2, -0.15) is 0 Å². The predicted molar refractivity (Wildman–Crippen MR) is 394 cm³/mol. The minimum Gasteiger partial charge on any atom is -0.482 e. The molecule has 0 spiro atoms. The Bertz CT molecular complexity index is 3460. The van der Waals surface area contributed by atoms with Crippen molar-refractivity contribution in [1.29, 1.82) is 0 Å². The number of carbonyl (C=O) groups is 5. The molecule has 574 valence electrons. The van der Waals surface area contributed by atoms with E-state index in [1.807, 2.05) is 68.4 Å². The van der Waals surface area contributed by atoms with Gasteiger partial charge < -0.3 is 65.2 Å². The largest absolute Gasteiger partial charge is 0.530 e. The summed E-state index contributed by atoms with van der Waals surface area (Å²) in [5, 5.41) is 48.8. The smallest absolute Gasteiger partial charge is 0.482 e. The molecule has 9 N–H and O–H groups in total. The first-order chi connectivity index (χ1) is 50.1. The summed E-state index contributed by atoms with van der Waals surface area (Å²) < 4.78 is 60.6. The Morgan fingerprint density at radius 3 is 1.42 bits per heavy atom. The van der Waals surface area contributed by atoms with E-state index in [2.05, 4.69) is 39.0 Å². The van der Waals surface area contributed by atoms with Gasteiger partial charge in [-0.1, -0.05) is 134 Å². The number of hydrogen-bond acceptors (Lipinski definition) is 18. The van der Waals surface area contributed by atoms with Crippen molar-refractivity contribution >= 4 is 37.7 Å². The van der Waals surface area contributed by atoms with Crippen LogP contribution in [0.25, 0.3) is 0 Å². The van der Waals surface area contributed by atoms with Crippen LogP contribution in [-0.2, 0) is 85.6 Å². The Labute approximate surface area is 615 Å². The van der Waals surface area contributed by atoms with Gasteiger partial charge in [0.15, 0.2) is 19.8 Å². The lowest BCUT2D eigenvalue weighted by Gasteiger charge is -2.35. The number of rotatable bonds is 34. The highest BCUT2D eigenvalue weighted by Crippen LogP contribution is 2.60. The molecule has 2 unspecified atom stereocenters. The molecule has 0 amide bonds. The van der Waals surface area contributed by atoms with Crippen LogP contribution in [0, 0.1) is 59.2 Å². The number of fused-ring (bicyclic) bond motifs is 8. The van der Waals surface area contributed by atoms with Crippen LogP contribution in [-0.4, -0.2) is 124 Å². The van der Waals surface area contributed by atoms with Gasteiger partial charge >= 0.3 is 37.7 Å². The van der Waals surface area contributed by atoms with E-state index in [-0.39, 0.29) is 98.6 Å². The van der Waals surface area contributed by atoms with E-state index < -0.39 is 31.8 Å². The maximum Gasteiger partial charge on any atom is 0.530 e. The summed E-state index contributed by atoms with van der Waals surface area (Å²) in [6.07, 6.45) is 23.0. The number of hydrogen-bond donors (Lipinski definition) is 7. The highest BCUT2D eigenvalue weighted by Gasteiger charge is 2.52. The molecule has 17 atom stereocenters. The Morgan fingerprint density at radius 1 is 0.519 bits per heavy atom. The average molecular weight is 1470 g/mol. The standard InChI is InChI=1S/C29H37O7P.C28H43NO6.C25H37NO6/c1-2-3-5-10-23-14-15-24-25-16-20-9-8-13-27(33-19-29(30)31)26(20)17-21(25)18-28(24)36-37(32,35-23)34-22-11-6-4-7-12-22;1-4-5-6-9-20(35-28(33)27(29)17(2)3)11-12-21-22-13-18-8-7-10-25(34-16-26(31)32)23(18)14-19(22)15-24(21)30;1-2-3-4-7-18(32-25(30)14-26)9-10-19-20-11-16-6-5-8-23(31-15-24(28)29)21(16)12-17(20)13-22(19)27/h4,6-9,11-13,21,23-25,28H,2-3,5,10,14-19H2,1H3,(H,30,31);7-8,10,17,19-22,24,27,30H,4-6,9,11-16,29H2,1-3H3,(H,31,32);5-6,8,17-20,22,27H,2-4,7,9-15,26H2,1H3,(H,28,29)/t21-,23-,24+,25-,28+,37?;19-,20-,21+,22-,24+,27?;17-,18-,19+,20-,22+/m000/s1. The second-order valence-corrected chi connectivity index (χ2v) is 32.1. The molecular formula is C82H117N2O19P. The van der Waals surface area contributed by atoms with Crippen molar-refractivity contribution in [1.82, 2.24) is 0 Å². The monoisotopic (exact) mass is 1460 g/mol. The van der Waals surface area contributed by atoms with E-state index in [0.717, 1.165) is 190 Å². The highest BCUT2D eigenvalue weighted by atomic mass is 31.2. The first-order valence-corrected chi connectivity index (χ1v) is 40.3. The molecule has 0 aromatic heterocycles. The second-order valence-electron chi connectivity index (χ2n) is 30.6. The molecule has 4 aromatic carbocycles. The molecule has 4 aromatic rings. The zero-order chi connectivity index (χ0) is 74.5. The number of benzene rings is 4. The number of ether oxygens (including phenoxy) is 5. The molecule has 0 radical (unpaired) electrons. The minimum atomic E-state index is -3.83. The van der Waals surface area contributed by atoms with Gasteiger partial charge in [0.25, 0.3) is 0 Å². The van der Waals surface area contributed by atoms with Crippen LogP contribution in [0.5, 0.6) is 23.0 Å². The summed E-state index contributed by atoms with van der Waals surface area (Å²) in [4.78, 5) is 57.2. The van der Waals surface area contributed by atoms with Gasteiger partial charge in [-0.15, -0.1) is 0 Å².